The molecule has 0 atom stereocenters. The van der Waals surface area contributed by atoms with Gasteiger partial charge in [0, 0.05) is 11.1 Å². The highest BCUT2D eigenvalue weighted by atomic mass is 16.5. The lowest BCUT2D eigenvalue weighted by molar-refractivity contribution is 0.0936. The predicted octanol–water partition coefficient (Wildman–Crippen LogP) is 4.34. The molecule has 3 rings (SSSR count). The van der Waals surface area contributed by atoms with Crippen molar-refractivity contribution in [1.29, 1.82) is 0 Å². The molecule has 3 aromatic carbocycles. The number of rotatable bonds is 7. The molecule has 4 nitrogen and oxygen atoms in total. The molecule has 0 aliphatic heterocycles. The molecular weight excluding hydrogens is 350 g/mol. The number of amides is 1. The smallest absolute Gasteiger partial charge is 0.252 e. The van der Waals surface area contributed by atoms with Crippen molar-refractivity contribution in [3.05, 3.63) is 101 Å². The van der Waals surface area contributed by atoms with Crippen LogP contribution in [0.1, 0.15) is 37.4 Å². The van der Waals surface area contributed by atoms with Crippen LogP contribution < -0.4 is 10.1 Å². The maximum atomic E-state index is 12.7. The number of benzene rings is 3. The van der Waals surface area contributed by atoms with Crippen LogP contribution in [0.3, 0.4) is 0 Å². The van der Waals surface area contributed by atoms with Gasteiger partial charge in [0.15, 0.2) is 5.78 Å². The van der Waals surface area contributed by atoms with Crippen LogP contribution in [0.5, 0.6) is 5.75 Å². The van der Waals surface area contributed by atoms with Crippen molar-refractivity contribution in [3.63, 3.8) is 0 Å². The SMILES string of the molecule is Cc1cc(C)cc(OCCNC(=O)c2ccccc2C(=O)c2ccccc2)c1. The number of aryl methyl sites for hydroxylation is 2. The fraction of sp³-hybridized carbons (Fsp3) is 0.167. The minimum absolute atomic E-state index is 0.169. The van der Waals surface area contributed by atoms with Gasteiger partial charge >= 0.3 is 0 Å². The fourth-order valence-corrected chi connectivity index (χ4v) is 3.07. The largest absolute Gasteiger partial charge is 0.492 e. The summed E-state index contributed by atoms with van der Waals surface area (Å²) in [5.74, 6) is 0.327. The van der Waals surface area contributed by atoms with Gasteiger partial charge in [-0.05, 0) is 43.2 Å². The van der Waals surface area contributed by atoms with Crippen LogP contribution in [0.2, 0.25) is 0 Å². The van der Waals surface area contributed by atoms with E-state index in [9.17, 15) is 9.59 Å². The zero-order valence-electron chi connectivity index (χ0n) is 16.1. The average molecular weight is 373 g/mol. The number of ether oxygens (including phenoxy) is 1. The first-order valence-corrected chi connectivity index (χ1v) is 9.22. The Bertz CT molecular complexity index is 960. The lowest BCUT2D eigenvalue weighted by Gasteiger charge is -2.11. The van der Waals surface area contributed by atoms with E-state index >= 15 is 0 Å². The van der Waals surface area contributed by atoms with Gasteiger partial charge in [0.25, 0.3) is 5.91 Å². The number of hydrogen-bond acceptors (Lipinski definition) is 3. The number of ketones is 1. The van der Waals surface area contributed by atoms with Gasteiger partial charge in [0.05, 0.1) is 12.1 Å². The zero-order chi connectivity index (χ0) is 19.9. The quantitative estimate of drug-likeness (QED) is 0.495. The molecule has 4 heteroatoms. The topological polar surface area (TPSA) is 55.4 Å². The van der Waals surface area contributed by atoms with Crippen molar-refractivity contribution < 1.29 is 14.3 Å². The molecule has 28 heavy (non-hydrogen) atoms. The Morgan fingerprint density at radius 2 is 1.43 bits per heavy atom. The Kier molecular flexibility index (Phi) is 6.22. The van der Waals surface area contributed by atoms with E-state index in [0.717, 1.165) is 16.9 Å². The third-order valence-corrected chi connectivity index (χ3v) is 4.30. The monoisotopic (exact) mass is 373 g/mol. The van der Waals surface area contributed by atoms with E-state index in [2.05, 4.69) is 11.4 Å². The van der Waals surface area contributed by atoms with Gasteiger partial charge in [-0.15, -0.1) is 0 Å². The van der Waals surface area contributed by atoms with E-state index in [1.807, 2.05) is 32.0 Å². The normalized spacial score (nSPS) is 10.4. The van der Waals surface area contributed by atoms with Crippen molar-refractivity contribution in [1.82, 2.24) is 5.32 Å². The minimum Gasteiger partial charge on any atom is -0.492 e. The number of carbonyl (C=O) groups is 2. The Labute approximate surface area is 165 Å². The van der Waals surface area contributed by atoms with E-state index in [-0.39, 0.29) is 11.7 Å². The van der Waals surface area contributed by atoms with Gasteiger partial charge in [0.2, 0.25) is 0 Å². The predicted molar refractivity (Wildman–Crippen MR) is 110 cm³/mol. The Hall–Kier alpha value is -3.40. The molecule has 0 fully saturated rings. The standard InChI is InChI=1S/C24H23NO3/c1-17-14-18(2)16-20(15-17)28-13-12-25-24(27)22-11-7-6-10-21(22)23(26)19-8-4-3-5-9-19/h3-11,14-16H,12-13H2,1-2H3,(H,25,27). The summed E-state index contributed by atoms with van der Waals surface area (Å²) in [5, 5.41) is 2.83. The van der Waals surface area contributed by atoms with Gasteiger partial charge in [-0.25, -0.2) is 0 Å². The van der Waals surface area contributed by atoms with E-state index < -0.39 is 0 Å². The molecule has 0 aromatic heterocycles. The van der Waals surface area contributed by atoms with Gasteiger partial charge in [0.1, 0.15) is 12.4 Å². The van der Waals surface area contributed by atoms with E-state index in [1.54, 1.807) is 48.5 Å². The molecule has 0 aliphatic carbocycles. The van der Waals surface area contributed by atoms with E-state index in [0.29, 0.717) is 29.8 Å². The number of hydrogen-bond donors (Lipinski definition) is 1. The first kappa shape index (κ1) is 19.4. The summed E-state index contributed by atoms with van der Waals surface area (Å²) >= 11 is 0. The molecule has 0 saturated carbocycles. The number of nitrogens with one attached hydrogen (secondary N) is 1. The van der Waals surface area contributed by atoms with Gasteiger partial charge < -0.3 is 10.1 Å². The van der Waals surface area contributed by atoms with Crippen LogP contribution in [0, 0.1) is 13.8 Å². The molecule has 0 aliphatic rings. The summed E-state index contributed by atoms with van der Waals surface area (Å²) in [6, 6.07) is 21.8. The van der Waals surface area contributed by atoms with Gasteiger partial charge in [-0.3, -0.25) is 9.59 Å². The lowest BCUT2D eigenvalue weighted by atomic mass is 9.98. The Morgan fingerprint density at radius 1 is 0.821 bits per heavy atom. The summed E-state index contributed by atoms with van der Waals surface area (Å²) in [4.78, 5) is 25.3. The maximum Gasteiger partial charge on any atom is 0.252 e. The van der Waals surface area contributed by atoms with Crippen LogP contribution in [0.25, 0.3) is 0 Å². The van der Waals surface area contributed by atoms with Crippen LogP contribution in [0.15, 0.2) is 72.8 Å². The van der Waals surface area contributed by atoms with Crippen molar-refractivity contribution >= 4 is 11.7 Å². The molecule has 3 aromatic rings. The van der Waals surface area contributed by atoms with Gasteiger partial charge in [-0.1, -0.05) is 54.6 Å². The lowest BCUT2D eigenvalue weighted by Crippen LogP contribution is -2.29. The third-order valence-electron chi connectivity index (χ3n) is 4.30. The first-order valence-electron chi connectivity index (χ1n) is 9.22. The van der Waals surface area contributed by atoms with Crippen molar-refractivity contribution in [2.45, 2.75) is 13.8 Å². The molecule has 1 N–H and O–H groups in total. The summed E-state index contributed by atoms with van der Waals surface area (Å²) in [6.45, 7) is 4.73. The Balaban J connectivity index is 1.62. The molecular formula is C24H23NO3. The summed E-state index contributed by atoms with van der Waals surface area (Å²) < 4.78 is 5.72. The van der Waals surface area contributed by atoms with Crippen LogP contribution in [-0.2, 0) is 0 Å². The molecule has 0 heterocycles. The highest BCUT2D eigenvalue weighted by molar-refractivity contribution is 6.15. The minimum atomic E-state index is -0.288. The molecule has 0 bridgehead atoms. The summed E-state index contributed by atoms with van der Waals surface area (Å²) in [7, 11) is 0. The second-order valence-electron chi connectivity index (χ2n) is 6.67. The third kappa shape index (κ3) is 4.86. The molecule has 1 amide bonds. The molecule has 0 spiro atoms. The van der Waals surface area contributed by atoms with Crippen LogP contribution in [-0.4, -0.2) is 24.8 Å². The van der Waals surface area contributed by atoms with E-state index in [4.69, 9.17) is 4.74 Å². The molecule has 142 valence electrons. The molecule has 0 unspecified atom stereocenters. The maximum absolute atomic E-state index is 12.7. The van der Waals surface area contributed by atoms with Crippen molar-refractivity contribution in [3.8, 4) is 5.75 Å². The van der Waals surface area contributed by atoms with Crippen molar-refractivity contribution in [2.75, 3.05) is 13.2 Å². The average Bonchev–Trinajstić information content (AvgIpc) is 2.70. The highest BCUT2D eigenvalue weighted by Crippen LogP contribution is 2.16. The van der Waals surface area contributed by atoms with Crippen LogP contribution >= 0.6 is 0 Å². The zero-order valence-corrected chi connectivity index (χ0v) is 16.1. The fourth-order valence-electron chi connectivity index (χ4n) is 3.07. The first-order chi connectivity index (χ1) is 13.5. The summed E-state index contributed by atoms with van der Waals surface area (Å²) in [5.41, 5.74) is 3.57. The Morgan fingerprint density at radius 3 is 2.11 bits per heavy atom. The van der Waals surface area contributed by atoms with Gasteiger partial charge in [-0.2, -0.15) is 0 Å². The number of carbonyl (C=O) groups excluding carboxylic acids is 2. The molecule has 0 radical (unpaired) electrons. The van der Waals surface area contributed by atoms with E-state index in [1.165, 1.54) is 0 Å². The summed E-state index contributed by atoms with van der Waals surface area (Å²) in [6.07, 6.45) is 0. The highest BCUT2D eigenvalue weighted by Gasteiger charge is 2.17. The second kappa shape index (κ2) is 9.00. The van der Waals surface area contributed by atoms with Crippen molar-refractivity contribution in [2.24, 2.45) is 0 Å². The van der Waals surface area contributed by atoms with Crippen LogP contribution in [0.4, 0.5) is 0 Å². The molecule has 0 saturated heterocycles. The second-order valence-corrected chi connectivity index (χ2v) is 6.67.